The van der Waals surface area contributed by atoms with E-state index in [0.717, 1.165) is 18.5 Å². The lowest BCUT2D eigenvalue weighted by Crippen LogP contribution is -2.16. The molecular weight excluding hydrogens is 214 g/mol. The number of benzene rings is 1. The number of aryl methyl sites for hydroxylation is 1. The second kappa shape index (κ2) is 3.96. The van der Waals surface area contributed by atoms with Gasteiger partial charge in [0.25, 0.3) is 0 Å². The summed E-state index contributed by atoms with van der Waals surface area (Å²) < 4.78 is 1.65. The molecule has 0 amide bonds. The van der Waals surface area contributed by atoms with E-state index in [9.17, 15) is 5.11 Å². The number of rotatable bonds is 2. The molecule has 1 aliphatic carbocycles. The Balaban J connectivity index is 1.83. The number of nitrogens with zero attached hydrogens (tertiary/aromatic N) is 3. The first-order valence-corrected chi connectivity index (χ1v) is 5.85. The van der Waals surface area contributed by atoms with Crippen molar-refractivity contribution in [2.75, 3.05) is 0 Å². The van der Waals surface area contributed by atoms with Crippen molar-refractivity contribution in [1.82, 2.24) is 15.0 Å². The number of fused-ring (bicyclic) bond motifs is 1. The van der Waals surface area contributed by atoms with Gasteiger partial charge in [0.05, 0.1) is 11.9 Å². The average molecular weight is 229 g/mol. The van der Waals surface area contributed by atoms with E-state index >= 15 is 0 Å². The quantitative estimate of drug-likeness (QED) is 0.843. The average Bonchev–Trinajstić information content (AvgIpc) is 2.93. The van der Waals surface area contributed by atoms with Gasteiger partial charge in [0.1, 0.15) is 6.10 Å². The number of aliphatic hydroxyl groups is 1. The van der Waals surface area contributed by atoms with Crippen molar-refractivity contribution < 1.29 is 5.11 Å². The zero-order valence-corrected chi connectivity index (χ0v) is 9.74. The molecular formula is C13H15N3O. The van der Waals surface area contributed by atoms with E-state index in [-0.39, 0.29) is 5.92 Å². The fourth-order valence-electron chi connectivity index (χ4n) is 2.62. The first-order valence-electron chi connectivity index (χ1n) is 5.85. The summed E-state index contributed by atoms with van der Waals surface area (Å²) in [6.45, 7) is 0. The normalized spacial score (nSPS) is 17.1. The Morgan fingerprint density at radius 1 is 1.29 bits per heavy atom. The predicted molar refractivity (Wildman–Crippen MR) is 63.3 cm³/mol. The van der Waals surface area contributed by atoms with Gasteiger partial charge >= 0.3 is 0 Å². The monoisotopic (exact) mass is 229 g/mol. The molecule has 1 unspecified atom stereocenters. The summed E-state index contributed by atoms with van der Waals surface area (Å²) in [5.41, 5.74) is 3.50. The van der Waals surface area contributed by atoms with Crippen molar-refractivity contribution in [2.45, 2.75) is 18.9 Å². The minimum Gasteiger partial charge on any atom is -0.386 e. The van der Waals surface area contributed by atoms with Gasteiger partial charge in [-0.25, -0.2) is 4.68 Å². The summed E-state index contributed by atoms with van der Waals surface area (Å²) >= 11 is 0. The van der Waals surface area contributed by atoms with Crippen LogP contribution in [0.5, 0.6) is 0 Å². The van der Waals surface area contributed by atoms with E-state index in [1.165, 1.54) is 11.1 Å². The van der Waals surface area contributed by atoms with E-state index in [4.69, 9.17) is 0 Å². The molecule has 1 aromatic carbocycles. The van der Waals surface area contributed by atoms with Gasteiger partial charge < -0.3 is 5.11 Å². The van der Waals surface area contributed by atoms with Gasteiger partial charge in [0.15, 0.2) is 0 Å². The molecule has 0 saturated carbocycles. The number of aliphatic hydroxyl groups excluding tert-OH is 1. The molecule has 2 aromatic rings. The molecule has 0 fully saturated rings. The van der Waals surface area contributed by atoms with Crippen molar-refractivity contribution in [1.29, 1.82) is 0 Å². The van der Waals surface area contributed by atoms with Gasteiger partial charge in [-0.05, 0) is 29.9 Å². The van der Waals surface area contributed by atoms with Crippen LogP contribution in [0.15, 0.2) is 30.5 Å². The smallest absolute Gasteiger partial charge is 0.101 e. The number of aromatic nitrogens is 3. The fraction of sp³-hybridized carbons (Fsp3) is 0.385. The predicted octanol–water partition coefficient (Wildman–Crippen LogP) is 1.26. The third-order valence-electron chi connectivity index (χ3n) is 3.58. The molecule has 0 aliphatic heterocycles. The molecule has 17 heavy (non-hydrogen) atoms. The van der Waals surface area contributed by atoms with E-state index in [1.54, 1.807) is 10.9 Å². The summed E-state index contributed by atoms with van der Waals surface area (Å²) in [7, 11) is 1.81. The summed E-state index contributed by atoms with van der Waals surface area (Å²) in [6, 6.07) is 8.39. The van der Waals surface area contributed by atoms with Crippen LogP contribution >= 0.6 is 0 Å². The highest BCUT2D eigenvalue weighted by atomic mass is 16.3. The van der Waals surface area contributed by atoms with Gasteiger partial charge in [-0.2, -0.15) is 0 Å². The summed E-state index contributed by atoms with van der Waals surface area (Å²) in [6.07, 6.45) is 3.03. The van der Waals surface area contributed by atoms with Crippen molar-refractivity contribution in [3.05, 3.63) is 47.3 Å². The lowest BCUT2D eigenvalue weighted by atomic mass is 9.97. The minimum atomic E-state index is -0.484. The highest BCUT2D eigenvalue weighted by Crippen LogP contribution is 2.34. The van der Waals surface area contributed by atoms with Crippen LogP contribution in [0.3, 0.4) is 0 Å². The molecule has 4 nitrogen and oxygen atoms in total. The molecule has 0 saturated heterocycles. The lowest BCUT2D eigenvalue weighted by molar-refractivity contribution is 0.105. The van der Waals surface area contributed by atoms with Crippen LogP contribution in [-0.4, -0.2) is 20.1 Å². The van der Waals surface area contributed by atoms with Gasteiger partial charge in [0.2, 0.25) is 0 Å². The van der Waals surface area contributed by atoms with Crippen LogP contribution in [0.25, 0.3) is 0 Å². The maximum Gasteiger partial charge on any atom is 0.101 e. The lowest BCUT2D eigenvalue weighted by Gasteiger charge is -2.16. The Labute approximate surface area is 99.9 Å². The molecule has 0 bridgehead atoms. The number of hydrogen-bond acceptors (Lipinski definition) is 3. The fourth-order valence-corrected chi connectivity index (χ4v) is 2.62. The van der Waals surface area contributed by atoms with Crippen molar-refractivity contribution in [3.8, 4) is 0 Å². The molecule has 1 atom stereocenters. The maximum absolute atomic E-state index is 10.4. The zero-order chi connectivity index (χ0) is 11.8. The van der Waals surface area contributed by atoms with Gasteiger partial charge in [-0.1, -0.05) is 29.5 Å². The Morgan fingerprint density at radius 2 is 1.94 bits per heavy atom. The van der Waals surface area contributed by atoms with Crippen LogP contribution < -0.4 is 0 Å². The van der Waals surface area contributed by atoms with Gasteiger partial charge in [0, 0.05) is 7.05 Å². The van der Waals surface area contributed by atoms with Crippen LogP contribution in [0.2, 0.25) is 0 Å². The van der Waals surface area contributed by atoms with Gasteiger partial charge in [-0.3, -0.25) is 0 Å². The molecule has 0 spiro atoms. The van der Waals surface area contributed by atoms with Crippen molar-refractivity contribution in [3.63, 3.8) is 0 Å². The third-order valence-corrected chi connectivity index (χ3v) is 3.58. The molecule has 4 heteroatoms. The first-order chi connectivity index (χ1) is 8.25. The van der Waals surface area contributed by atoms with E-state index < -0.39 is 6.10 Å². The van der Waals surface area contributed by atoms with Crippen LogP contribution in [-0.2, 0) is 19.9 Å². The second-order valence-electron chi connectivity index (χ2n) is 4.66. The maximum atomic E-state index is 10.4. The topological polar surface area (TPSA) is 50.9 Å². The molecule has 0 radical (unpaired) electrons. The standard InChI is InChI=1S/C13H15N3O/c1-16-12(8-14-15-16)13(17)11-6-9-4-2-3-5-10(9)7-11/h2-5,8,11,13,17H,6-7H2,1H3. The van der Waals surface area contributed by atoms with Crippen LogP contribution in [0, 0.1) is 5.92 Å². The van der Waals surface area contributed by atoms with E-state index in [2.05, 4.69) is 34.6 Å². The van der Waals surface area contributed by atoms with Crippen molar-refractivity contribution >= 4 is 0 Å². The molecule has 1 aliphatic rings. The van der Waals surface area contributed by atoms with E-state index in [1.807, 2.05) is 7.05 Å². The summed E-state index contributed by atoms with van der Waals surface area (Å²) in [4.78, 5) is 0. The van der Waals surface area contributed by atoms with Crippen LogP contribution in [0.1, 0.15) is 22.9 Å². The Bertz CT molecular complexity index is 510. The van der Waals surface area contributed by atoms with E-state index in [0.29, 0.717) is 0 Å². The third kappa shape index (κ3) is 1.74. The van der Waals surface area contributed by atoms with Crippen LogP contribution in [0.4, 0.5) is 0 Å². The molecule has 1 aromatic heterocycles. The van der Waals surface area contributed by atoms with Gasteiger partial charge in [-0.15, -0.1) is 5.10 Å². The highest BCUT2D eigenvalue weighted by molar-refractivity contribution is 5.33. The summed E-state index contributed by atoms with van der Waals surface area (Å²) in [5, 5.41) is 18.0. The molecule has 1 heterocycles. The summed E-state index contributed by atoms with van der Waals surface area (Å²) in [5.74, 6) is 0.240. The molecule has 3 rings (SSSR count). The number of hydrogen-bond donors (Lipinski definition) is 1. The van der Waals surface area contributed by atoms with Crippen molar-refractivity contribution in [2.24, 2.45) is 13.0 Å². The molecule has 88 valence electrons. The highest BCUT2D eigenvalue weighted by Gasteiger charge is 2.29. The minimum absolute atomic E-state index is 0.240. The SMILES string of the molecule is Cn1nncc1C(O)C1Cc2ccccc2C1. The Hall–Kier alpha value is -1.68. The largest absolute Gasteiger partial charge is 0.386 e. The Morgan fingerprint density at radius 3 is 2.47 bits per heavy atom. The Kier molecular flexibility index (Phi) is 2.44. The zero-order valence-electron chi connectivity index (χ0n) is 9.74. The second-order valence-corrected chi connectivity index (χ2v) is 4.66. The molecule has 1 N–H and O–H groups in total. The first kappa shape index (κ1) is 10.5.